The molecule has 0 aromatic heterocycles. The minimum atomic E-state index is -0.778. The molecule has 0 rings (SSSR count). The Balaban J connectivity index is 4.19. The van der Waals surface area contributed by atoms with E-state index in [0.29, 0.717) is 19.3 Å². The van der Waals surface area contributed by atoms with Gasteiger partial charge in [-0.2, -0.15) is 0 Å². The van der Waals surface area contributed by atoms with E-state index in [1.54, 1.807) is 0 Å². The van der Waals surface area contributed by atoms with E-state index in [4.69, 9.17) is 14.2 Å². The molecule has 0 fully saturated rings. The fourth-order valence-corrected chi connectivity index (χ4v) is 9.98. The number of hydrogen-bond donors (Lipinski definition) is 0. The molecule has 444 valence electrons. The zero-order valence-corrected chi connectivity index (χ0v) is 51.0. The Labute approximate surface area is 473 Å². The molecule has 0 bridgehead atoms. The third-order valence-corrected chi connectivity index (χ3v) is 15.1. The summed E-state index contributed by atoms with van der Waals surface area (Å²) in [5, 5.41) is 0. The Hall–Kier alpha value is -2.63. The molecule has 6 nitrogen and oxygen atoms in total. The van der Waals surface area contributed by atoms with Gasteiger partial charge in [-0.3, -0.25) is 14.4 Å². The predicted octanol–water partition coefficient (Wildman–Crippen LogP) is 22.9. The van der Waals surface area contributed by atoms with Crippen molar-refractivity contribution in [2.24, 2.45) is 0 Å². The van der Waals surface area contributed by atoms with Crippen molar-refractivity contribution in [2.75, 3.05) is 13.2 Å². The second-order valence-electron chi connectivity index (χ2n) is 22.7. The third kappa shape index (κ3) is 62.2. The highest BCUT2D eigenvalue weighted by Crippen LogP contribution is 2.17. The number of carbonyl (C=O) groups is 3. The number of allylic oxidation sites excluding steroid dienone is 8. The summed E-state index contributed by atoms with van der Waals surface area (Å²) in [6, 6.07) is 0. The van der Waals surface area contributed by atoms with Gasteiger partial charge in [0, 0.05) is 19.3 Å². The van der Waals surface area contributed by atoms with Crippen LogP contribution in [0.2, 0.25) is 0 Å². The maximum atomic E-state index is 12.9. The van der Waals surface area contributed by atoms with Crippen LogP contribution in [0.3, 0.4) is 0 Å². The highest BCUT2D eigenvalue weighted by molar-refractivity contribution is 5.71. The fraction of sp³-hybridized carbons (Fsp3) is 0.843. The molecule has 0 aromatic carbocycles. The van der Waals surface area contributed by atoms with Crippen LogP contribution in [0.5, 0.6) is 0 Å². The molecule has 0 amide bonds. The average molecular weight is 1070 g/mol. The number of rotatable bonds is 62. The van der Waals surface area contributed by atoms with Crippen molar-refractivity contribution in [3.8, 4) is 0 Å². The summed E-state index contributed by atoms with van der Waals surface area (Å²) in [5.74, 6) is -0.865. The van der Waals surface area contributed by atoms with Crippen molar-refractivity contribution < 1.29 is 28.6 Å². The first kappa shape index (κ1) is 73.4. The van der Waals surface area contributed by atoms with Crippen LogP contribution in [0, 0.1) is 0 Å². The fourth-order valence-electron chi connectivity index (χ4n) is 9.98. The number of esters is 3. The van der Waals surface area contributed by atoms with E-state index in [-0.39, 0.29) is 31.1 Å². The lowest BCUT2D eigenvalue weighted by atomic mass is 10.0. The van der Waals surface area contributed by atoms with Gasteiger partial charge in [-0.15, -0.1) is 0 Å². The Morgan fingerprint density at radius 2 is 0.474 bits per heavy atom. The van der Waals surface area contributed by atoms with Crippen LogP contribution in [0.4, 0.5) is 0 Å². The van der Waals surface area contributed by atoms with E-state index in [1.165, 1.54) is 231 Å². The molecule has 0 aromatic rings. The van der Waals surface area contributed by atoms with Crippen LogP contribution in [-0.2, 0) is 28.6 Å². The second-order valence-corrected chi connectivity index (χ2v) is 22.7. The minimum absolute atomic E-state index is 0.0740. The van der Waals surface area contributed by atoms with Gasteiger partial charge in [0.15, 0.2) is 6.10 Å². The van der Waals surface area contributed by atoms with Crippen molar-refractivity contribution in [3.63, 3.8) is 0 Å². The van der Waals surface area contributed by atoms with Gasteiger partial charge >= 0.3 is 17.9 Å². The highest BCUT2D eigenvalue weighted by atomic mass is 16.6. The Morgan fingerprint density at radius 3 is 0.737 bits per heavy atom. The standard InChI is InChI=1S/C70H128O6/c1-4-7-10-13-16-19-22-25-27-29-30-31-32-33-34-35-36-37-38-39-40-41-43-45-48-51-54-57-60-63-69(72)75-66-67(65-74-68(71)62-59-56-53-50-47-44-24-21-18-15-12-9-6-3)76-70(73)64-61-58-55-52-49-46-42-28-26-23-20-17-14-11-8-5-2/h20,22-23,25,28-30,42,67H,4-19,21,24,26-27,31-41,43-66H2,1-3H3/b23-20-,25-22-,30-29-,42-28-. The first-order valence-electron chi connectivity index (χ1n) is 33.6. The number of carbonyl (C=O) groups excluding carboxylic acids is 3. The van der Waals surface area contributed by atoms with Crippen molar-refractivity contribution in [3.05, 3.63) is 48.6 Å². The van der Waals surface area contributed by atoms with Crippen LogP contribution in [0.25, 0.3) is 0 Å². The van der Waals surface area contributed by atoms with E-state index in [9.17, 15) is 14.4 Å². The molecule has 6 heteroatoms. The van der Waals surface area contributed by atoms with Gasteiger partial charge in [0.25, 0.3) is 0 Å². The van der Waals surface area contributed by atoms with Gasteiger partial charge in [0.1, 0.15) is 13.2 Å². The maximum Gasteiger partial charge on any atom is 0.306 e. The first-order valence-corrected chi connectivity index (χ1v) is 33.6. The van der Waals surface area contributed by atoms with Gasteiger partial charge in [-0.25, -0.2) is 0 Å². The zero-order valence-electron chi connectivity index (χ0n) is 51.0. The number of unbranched alkanes of at least 4 members (excludes halogenated alkanes) is 43. The van der Waals surface area contributed by atoms with Crippen LogP contribution in [0.15, 0.2) is 48.6 Å². The van der Waals surface area contributed by atoms with Crippen molar-refractivity contribution in [1.82, 2.24) is 0 Å². The molecule has 0 saturated heterocycles. The van der Waals surface area contributed by atoms with Gasteiger partial charge in [0.05, 0.1) is 0 Å². The molecule has 0 heterocycles. The van der Waals surface area contributed by atoms with Crippen molar-refractivity contribution >= 4 is 17.9 Å². The van der Waals surface area contributed by atoms with E-state index < -0.39 is 6.10 Å². The Bertz CT molecular complexity index is 1310. The monoisotopic (exact) mass is 1060 g/mol. The topological polar surface area (TPSA) is 78.9 Å². The van der Waals surface area contributed by atoms with E-state index >= 15 is 0 Å². The average Bonchev–Trinajstić information content (AvgIpc) is 3.42. The van der Waals surface area contributed by atoms with Gasteiger partial charge < -0.3 is 14.2 Å². The van der Waals surface area contributed by atoms with E-state index in [1.807, 2.05) is 0 Å². The molecule has 1 atom stereocenters. The largest absolute Gasteiger partial charge is 0.462 e. The third-order valence-electron chi connectivity index (χ3n) is 15.1. The van der Waals surface area contributed by atoms with Crippen LogP contribution in [0.1, 0.15) is 361 Å². The van der Waals surface area contributed by atoms with E-state index in [0.717, 1.165) is 89.9 Å². The molecule has 0 aliphatic rings. The summed E-state index contributed by atoms with van der Waals surface area (Å²) in [7, 11) is 0. The molecule has 0 aliphatic heterocycles. The lowest BCUT2D eigenvalue weighted by Crippen LogP contribution is -2.30. The van der Waals surface area contributed by atoms with Crippen molar-refractivity contribution in [1.29, 1.82) is 0 Å². The van der Waals surface area contributed by atoms with Crippen LogP contribution < -0.4 is 0 Å². The molecule has 0 saturated carbocycles. The van der Waals surface area contributed by atoms with Gasteiger partial charge in [0.2, 0.25) is 0 Å². The van der Waals surface area contributed by atoms with Crippen molar-refractivity contribution in [2.45, 2.75) is 367 Å². The molecule has 0 radical (unpaired) electrons. The number of ether oxygens (including phenoxy) is 3. The van der Waals surface area contributed by atoms with E-state index in [2.05, 4.69) is 69.4 Å². The summed E-state index contributed by atoms with van der Waals surface area (Å²) < 4.78 is 16.9. The molecule has 76 heavy (non-hydrogen) atoms. The highest BCUT2D eigenvalue weighted by Gasteiger charge is 2.19. The molecule has 0 N–H and O–H groups in total. The maximum absolute atomic E-state index is 12.9. The predicted molar refractivity (Wildman–Crippen MR) is 330 cm³/mol. The first-order chi connectivity index (χ1) is 37.5. The van der Waals surface area contributed by atoms with Gasteiger partial charge in [-0.1, -0.05) is 307 Å². The summed E-state index contributed by atoms with van der Waals surface area (Å²) in [6.45, 7) is 6.65. The second kappa shape index (κ2) is 64.9. The smallest absolute Gasteiger partial charge is 0.306 e. The molecular weight excluding hydrogens is 937 g/mol. The summed E-state index contributed by atoms with van der Waals surface area (Å²) >= 11 is 0. The van der Waals surface area contributed by atoms with Crippen LogP contribution in [-0.4, -0.2) is 37.2 Å². The molecule has 0 spiro atoms. The zero-order chi connectivity index (χ0) is 55.0. The van der Waals surface area contributed by atoms with Crippen LogP contribution >= 0.6 is 0 Å². The lowest BCUT2D eigenvalue weighted by molar-refractivity contribution is -0.167. The summed E-state index contributed by atoms with van der Waals surface area (Å²) in [5.41, 5.74) is 0. The summed E-state index contributed by atoms with van der Waals surface area (Å²) in [4.78, 5) is 38.3. The Kier molecular flexibility index (Phi) is 62.6. The Morgan fingerprint density at radius 1 is 0.263 bits per heavy atom. The summed E-state index contributed by atoms with van der Waals surface area (Å²) in [6.07, 6.45) is 81.3. The quantitative estimate of drug-likeness (QED) is 0.0261. The normalized spacial score (nSPS) is 12.3. The van der Waals surface area contributed by atoms with Gasteiger partial charge in [-0.05, 0) is 83.5 Å². The lowest BCUT2D eigenvalue weighted by Gasteiger charge is -2.18. The molecular formula is C70H128O6. The SMILES string of the molecule is CCCCCC/C=C\C/C=C\CCCCCCCC(=O)OC(COC(=O)CCCCCCCCCCCCCCC)COC(=O)CCCCCCCCCCCCCCCCCCC/C=C\C/C=C\CCCCCCC. The minimum Gasteiger partial charge on any atom is -0.462 e. The number of hydrogen-bond acceptors (Lipinski definition) is 6. The molecule has 0 aliphatic carbocycles. The molecule has 1 unspecified atom stereocenters.